The van der Waals surface area contributed by atoms with Crippen molar-refractivity contribution in [1.29, 1.82) is 0 Å². The quantitative estimate of drug-likeness (QED) is 0.864. The molecule has 0 atom stereocenters. The van der Waals surface area contributed by atoms with Gasteiger partial charge in [-0.2, -0.15) is 0 Å². The van der Waals surface area contributed by atoms with Crippen molar-refractivity contribution in [1.82, 2.24) is 10.3 Å². The van der Waals surface area contributed by atoms with Crippen LogP contribution in [-0.4, -0.2) is 29.4 Å². The number of aromatic nitrogens is 1. The number of nitrogens with zero attached hydrogens (tertiary/aromatic N) is 1. The molecule has 1 aliphatic rings. The van der Waals surface area contributed by atoms with Crippen molar-refractivity contribution in [3.8, 4) is 5.75 Å². The van der Waals surface area contributed by atoms with E-state index in [0.29, 0.717) is 6.54 Å². The molecule has 1 aliphatic carbocycles. The van der Waals surface area contributed by atoms with Gasteiger partial charge in [0.05, 0.1) is 7.11 Å². The normalized spacial score (nSPS) is 15.7. The van der Waals surface area contributed by atoms with Crippen LogP contribution in [0.15, 0.2) is 30.6 Å². The number of amides is 1. The van der Waals surface area contributed by atoms with E-state index in [1.54, 1.807) is 7.11 Å². The van der Waals surface area contributed by atoms with Crippen LogP contribution in [0, 0.1) is 0 Å². The van der Waals surface area contributed by atoms with E-state index >= 15 is 0 Å². The number of alkyl halides is 1. The van der Waals surface area contributed by atoms with E-state index in [9.17, 15) is 4.79 Å². The third kappa shape index (κ3) is 2.95. The van der Waals surface area contributed by atoms with E-state index in [2.05, 4.69) is 10.3 Å². The van der Waals surface area contributed by atoms with Gasteiger partial charge in [-0.3, -0.25) is 9.78 Å². The average Bonchev–Trinajstić information content (AvgIpc) is 3.26. The molecule has 4 nitrogen and oxygen atoms in total. The molecule has 2 aromatic rings. The number of rotatable bonds is 5. The number of fused-ring (bicyclic) bond motifs is 1. The number of pyridine rings is 1. The van der Waals surface area contributed by atoms with E-state index in [1.165, 1.54) is 0 Å². The van der Waals surface area contributed by atoms with Crippen LogP contribution in [0.1, 0.15) is 18.4 Å². The highest BCUT2D eigenvalue weighted by molar-refractivity contribution is 6.37. The Kier molecular flexibility index (Phi) is 3.72. The molecule has 1 aromatic carbocycles. The molecule has 1 amide bonds. The molecule has 1 aromatic heterocycles. The van der Waals surface area contributed by atoms with Crippen molar-refractivity contribution in [2.24, 2.45) is 0 Å². The molecule has 0 spiro atoms. The fourth-order valence-corrected chi connectivity index (χ4v) is 2.50. The summed E-state index contributed by atoms with van der Waals surface area (Å²) in [5.41, 5.74) is 1.09. The predicted octanol–water partition coefficient (Wildman–Crippen LogP) is 2.67. The molecule has 1 fully saturated rings. The molecular weight excluding hydrogens is 288 g/mol. The molecule has 0 radical (unpaired) electrons. The standard InChI is InChI=1S/C16H17ClN2O2/c1-21-13-3-2-11-9-18-10-12(14(11)8-13)4-7-19-15(20)16(17)5-6-16/h2-3,8-10H,4-7H2,1H3,(H,19,20). The minimum absolute atomic E-state index is 0.0602. The number of carbonyl (C=O) groups excluding carboxylic acids is 1. The molecule has 21 heavy (non-hydrogen) atoms. The molecule has 1 saturated carbocycles. The molecular formula is C16H17ClN2O2. The molecule has 1 heterocycles. The summed E-state index contributed by atoms with van der Waals surface area (Å²) in [6.07, 6.45) is 5.92. The number of carbonyl (C=O) groups is 1. The Morgan fingerprint density at radius 3 is 2.95 bits per heavy atom. The summed E-state index contributed by atoms with van der Waals surface area (Å²) in [6.45, 7) is 0.561. The topological polar surface area (TPSA) is 51.2 Å². The van der Waals surface area contributed by atoms with Gasteiger partial charge < -0.3 is 10.1 Å². The van der Waals surface area contributed by atoms with Gasteiger partial charge in [-0.05, 0) is 48.4 Å². The van der Waals surface area contributed by atoms with Crippen molar-refractivity contribution < 1.29 is 9.53 Å². The number of methoxy groups -OCH3 is 1. The first-order valence-corrected chi connectivity index (χ1v) is 7.38. The SMILES string of the molecule is COc1ccc2cncc(CCNC(=O)C3(Cl)CC3)c2c1. The second-order valence-electron chi connectivity index (χ2n) is 5.36. The summed E-state index contributed by atoms with van der Waals surface area (Å²) in [6, 6.07) is 5.90. The van der Waals surface area contributed by atoms with Gasteiger partial charge >= 0.3 is 0 Å². The van der Waals surface area contributed by atoms with Crippen molar-refractivity contribution in [3.63, 3.8) is 0 Å². The van der Waals surface area contributed by atoms with Crippen molar-refractivity contribution >= 4 is 28.3 Å². The van der Waals surface area contributed by atoms with E-state index in [-0.39, 0.29) is 5.91 Å². The maximum absolute atomic E-state index is 11.8. The van der Waals surface area contributed by atoms with Crippen LogP contribution in [0.2, 0.25) is 0 Å². The third-order valence-corrected chi connectivity index (χ3v) is 4.38. The number of hydrogen-bond acceptors (Lipinski definition) is 3. The third-order valence-electron chi connectivity index (χ3n) is 3.83. The van der Waals surface area contributed by atoms with E-state index in [4.69, 9.17) is 16.3 Å². The van der Waals surface area contributed by atoms with Gasteiger partial charge in [-0.15, -0.1) is 11.6 Å². The molecule has 0 bridgehead atoms. The zero-order chi connectivity index (χ0) is 14.9. The number of halogens is 1. The lowest BCUT2D eigenvalue weighted by Crippen LogP contribution is -2.34. The largest absolute Gasteiger partial charge is 0.497 e. The van der Waals surface area contributed by atoms with Gasteiger partial charge in [0.25, 0.3) is 0 Å². The van der Waals surface area contributed by atoms with Crippen LogP contribution in [-0.2, 0) is 11.2 Å². The first-order valence-electron chi connectivity index (χ1n) is 7.00. The zero-order valence-corrected chi connectivity index (χ0v) is 12.6. The molecule has 0 aliphatic heterocycles. The van der Waals surface area contributed by atoms with E-state index < -0.39 is 4.87 Å². The van der Waals surface area contributed by atoms with E-state index in [1.807, 2.05) is 30.6 Å². The fourth-order valence-electron chi connectivity index (χ4n) is 2.34. The van der Waals surface area contributed by atoms with Crippen LogP contribution in [0.25, 0.3) is 10.8 Å². The van der Waals surface area contributed by atoms with Crippen molar-refractivity contribution in [2.45, 2.75) is 24.1 Å². The molecule has 1 N–H and O–H groups in total. The summed E-state index contributed by atoms with van der Waals surface area (Å²) in [4.78, 5) is 15.4. The van der Waals surface area contributed by atoms with Gasteiger partial charge in [-0.1, -0.05) is 0 Å². The first-order chi connectivity index (χ1) is 10.1. The lowest BCUT2D eigenvalue weighted by Gasteiger charge is -2.10. The number of hydrogen-bond donors (Lipinski definition) is 1. The molecule has 110 valence electrons. The Morgan fingerprint density at radius 1 is 1.43 bits per heavy atom. The molecule has 0 unspecified atom stereocenters. The maximum Gasteiger partial charge on any atom is 0.241 e. The van der Waals surface area contributed by atoms with Crippen LogP contribution in [0.4, 0.5) is 0 Å². The summed E-state index contributed by atoms with van der Waals surface area (Å²) in [5, 5.41) is 5.06. The minimum atomic E-state index is -0.639. The maximum atomic E-state index is 11.8. The monoisotopic (exact) mass is 304 g/mol. The van der Waals surface area contributed by atoms with Gasteiger partial charge in [0.15, 0.2) is 0 Å². The van der Waals surface area contributed by atoms with Crippen LogP contribution in [0.3, 0.4) is 0 Å². The summed E-state index contributed by atoms with van der Waals surface area (Å²) in [7, 11) is 1.65. The Balaban J connectivity index is 1.72. The van der Waals surface area contributed by atoms with Crippen molar-refractivity contribution in [2.75, 3.05) is 13.7 Å². The van der Waals surface area contributed by atoms with Crippen LogP contribution < -0.4 is 10.1 Å². The second-order valence-corrected chi connectivity index (χ2v) is 6.08. The van der Waals surface area contributed by atoms with Crippen LogP contribution >= 0.6 is 11.6 Å². The highest BCUT2D eigenvalue weighted by Crippen LogP contribution is 2.42. The molecule has 5 heteroatoms. The lowest BCUT2D eigenvalue weighted by atomic mass is 10.1. The number of nitrogens with one attached hydrogen (secondary N) is 1. The lowest BCUT2D eigenvalue weighted by molar-refractivity contribution is -0.121. The summed E-state index contributed by atoms with van der Waals surface area (Å²) in [5.74, 6) is 0.756. The van der Waals surface area contributed by atoms with E-state index in [0.717, 1.165) is 41.3 Å². The number of ether oxygens (including phenoxy) is 1. The number of benzene rings is 1. The minimum Gasteiger partial charge on any atom is -0.497 e. The summed E-state index contributed by atoms with van der Waals surface area (Å²) >= 11 is 6.07. The Morgan fingerprint density at radius 2 is 2.24 bits per heavy atom. The summed E-state index contributed by atoms with van der Waals surface area (Å²) < 4.78 is 5.27. The average molecular weight is 305 g/mol. The van der Waals surface area contributed by atoms with Gasteiger partial charge in [0.2, 0.25) is 5.91 Å². The van der Waals surface area contributed by atoms with Gasteiger partial charge in [-0.25, -0.2) is 0 Å². The van der Waals surface area contributed by atoms with Gasteiger partial charge in [0, 0.05) is 24.3 Å². The Bertz CT molecular complexity index is 683. The molecule has 0 saturated heterocycles. The highest BCUT2D eigenvalue weighted by atomic mass is 35.5. The van der Waals surface area contributed by atoms with Crippen LogP contribution in [0.5, 0.6) is 5.75 Å². The smallest absolute Gasteiger partial charge is 0.241 e. The Labute approximate surface area is 128 Å². The Hall–Kier alpha value is -1.81. The highest BCUT2D eigenvalue weighted by Gasteiger charge is 2.47. The predicted molar refractivity (Wildman–Crippen MR) is 82.8 cm³/mol. The second kappa shape index (κ2) is 5.53. The zero-order valence-electron chi connectivity index (χ0n) is 11.9. The van der Waals surface area contributed by atoms with Crippen molar-refractivity contribution in [3.05, 3.63) is 36.2 Å². The first kappa shape index (κ1) is 14.1. The van der Waals surface area contributed by atoms with Gasteiger partial charge in [0.1, 0.15) is 10.6 Å². The molecule has 3 rings (SSSR count). The fraction of sp³-hybridized carbons (Fsp3) is 0.375.